The maximum atomic E-state index is 13.8. The van der Waals surface area contributed by atoms with Gasteiger partial charge in [0, 0.05) is 87.5 Å². The van der Waals surface area contributed by atoms with Crippen LogP contribution in [-0.4, -0.2) is 126 Å². The number of aryl methyl sites for hydroxylation is 1. The molecule has 2 saturated heterocycles. The first kappa shape index (κ1) is 40.4. The minimum atomic E-state index is -3.13. The van der Waals surface area contributed by atoms with E-state index in [1.807, 2.05) is 49.5 Å². The number of nitrogen functional groups attached to an aromatic ring is 1. The number of fused-ring (bicyclic) bond motifs is 2. The number of hydrogen-bond donors (Lipinski definition) is 1. The minimum Gasteiger partial charge on any atom is -0.403 e. The Kier molecular flexibility index (Phi) is 11.0. The number of nitrogens with zero attached hydrogens (tertiary/aromatic N) is 4. The lowest BCUT2D eigenvalue weighted by Crippen LogP contribution is -2.87. The molecular formula is C43H43N5O12. The van der Waals surface area contributed by atoms with Gasteiger partial charge in [0.15, 0.2) is 0 Å². The topological polar surface area (TPSA) is 197 Å². The highest BCUT2D eigenvalue weighted by Gasteiger charge is 2.81. The Morgan fingerprint density at radius 3 is 1.75 bits per heavy atom. The molecular weight excluding hydrogens is 778 g/mol. The number of carbonyl (C=O) groups excluding carboxylic acids is 6. The van der Waals surface area contributed by atoms with Crippen LogP contribution in [0.2, 0.25) is 0 Å². The Hall–Kier alpha value is -6.40. The third-order valence-electron chi connectivity index (χ3n) is 11.2. The van der Waals surface area contributed by atoms with E-state index in [1.165, 1.54) is 4.90 Å². The molecule has 0 amide bonds. The molecule has 0 radical (unpaired) electrons. The molecule has 3 spiro atoms. The van der Waals surface area contributed by atoms with Crippen molar-refractivity contribution in [2.24, 2.45) is 0 Å². The Morgan fingerprint density at radius 1 is 0.617 bits per heavy atom. The molecule has 0 aliphatic carbocycles. The van der Waals surface area contributed by atoms with Gasteiger partial charge in [-0.25, -0.2) is 33.7 Å². The van der Waals surface area contributed by atoms with Gasteiger partial charge in [-0.15, -0.1) is 4.90 Å². The molecule has 5 aliphatic rings. The van der Waals surface area contributed by atoms with Gasteiger partial charge < -0.3 is 39.1 Å². The standard InChI is InChI=1S/C43H43N5O12/c1-45-23-25-46(26-24-45)34(31-12-14-32(44)15-13-31)27-47-28-41(55-35(49)16-17-36(50)56-41)48(22-5-4-8-30-10-6-9-29-7-2-3-11-33(29)30)43(59-39(53)20-21-40(54)60-43)42(47)57-37(51)18-19-38(52)58-42/h2-3,6-7,9-21,34H,4-5,8,22-28,44H2,1H3. The van der Waals surface area contributed by atoms with Gasteiger partial charge in [-0.1, -0.05) is 54.6 Å². The molecule has 1 unspecified atom stereocenters. The number of piperazine rings is 2. The molecule has 312 valence electrons. The van der Waals surface area contributed by atoms with Crippen LogP contribution in [0.3, 0.4) is 0 Å². The number of ether oxygens (including phenoxy) is 6. The second-order valence-corrected chi connectivity index (χ2v) is 15.1. The second kappa shape index (κ2) is 16.3. The number of hydrogen-bond acceptors (Lipinski definition) is 17. The van der Waals surface area contributed by atoms with Crippen LogP contribution in [-0.2, 0) is 63.6 Å². The summed E-state index contributed by atoms with van der Waals surface area (Å²) in [5.74, 6) is -15.4. The average Bonchev–Trinajstić information content (AvgIpc) is 3.56. The predicted molar refractivity (Wildman–Crippen MR) is 210 cm³/mol. The van der Waals surface area contributed by atoms with Crippen LogP contribution in [0.5, 0.6) is 0 Å². The molecule has 60 heavy (non-hydrogen) atoms. The molecule has 0 saturated carbocycles. The molecule has 0 aromatic heterocycles. The maximum Gasteiger partial charge on any atom is 0.426 e. The summed E-state index contributed by atoms with van der Waals surface area (Å²) in [4.78, 5) is 88.5. The first-order chi connectivity index (χ1) is 28.9. The smallest absolute Gasteiger partial charge is 0.403 e. The number of carbonyl (C=O) groups is 6. The lowest BCUT2D eigenvalue weighted by atomic mass is 9.99. The molecule has 17 heteroatoms. The summed E-state index contributed by atoms with van der Waals surface area (Å²) in [6, 6.07) is 20.3. The zero-order valence-corrected chi connectivity index (χ0v) is 32.7. The summed E-state index contributed by atoms with van der Waals surface area (Å²) < 4.78 is 36.4. The Morgan fingerprint density at radius 2 is 1.15 bits per heavy atom. The van der Waals surface area contributed by atoms with E-state index in [4.69, 9.17) is 34.2 Å². The molecule has 3 aromatic rings. The van der Waals surface area contributed by atoms with Crippen LogP contribution in [0.4, 0.5) is 5.69 Å². The quantitative estimate of drug-likeness (QED) is 0.143. The van der Waals surface area contributed by atoms with E-state index in [1.54, 1.807) is 24.3 Å². The monoisotopic (exact) mass is 821 g/mol. The first-order valence-corrected chi connectivity index (χ1v) is 19.6. The Bertz CT molecular complexity index is 2230. The van der Waals surface area contributed by atoms with E-state index < -0.39 is 66.1 Å². The normalized spacial score (nSPS) is 22.4. The van der Waals surface area contributed by atoms with Gasteiger partial charge in [0.25, 0.3) is 0 Å². The highest BCUT2D eigenvalue weighted by Crippen LogP contribution is 2.51. The molecule has 8 rings (SSSR count). The molecule has 5 aliphatic heterocycles. The highest BCUT2D eigenvalue weighted by atomic mass is 16.9. The van der Waals surface area contributed by atoms with E-state index >= 15 is 0 Å². The molecule has 3 aromatic carbocycles. The largest absolute Gasteiger partial charge is 0.426 e. The number of rotatable bonds is 9. The van der Waals surface area contributed by atoms with Crippen molar-refractivity contribution in [2.75, 3.05) is 58.6 Å². The van der Waals surface area contributed by atoms with E-state index in [0.717, 1.165) is 63.3 Å². The summed E-state index contributed by atoms with van der Waals surface area (Å²) in [5, 5.41) is 2.08. The number of nitrogens with two attached hydrogens (primary N) is 1. The zero-order valence-electron chi connectivity index (χ0n) is 32.7. The number of likely N-dealkylation sites (N-methyl/N-ethyl adjacent to an activating group) is 1. The van der Waals surface area contributed by atoms with Crippen LogP contribution >= 0.6 is 0 Å². The Labute approximate surface area is 344 Å². The van der Waals surface area contributed by atoms with Crippen molar-refractivity contribution in [1.82, 2.24) is 19.6 Å². The number of unbranched alkanes of at least 4 members (excludes halogenated alkanes) is 1. The molecule has 2 fully saturated rings. The SMILES string of the molecule is CN1CCN(C(CN2CC3(OC(=O)C=CC(=O)O3)N(CCCCc3cccc4ccccc34)C3(OC(=O)C=CC(=O)O3)C23OC(=O)C=CC(=O)O3)c2ccc(N)cc2)CC1. The van der Waals surface area contributed by atoms with Crippen LogP contribution in [0, 0.1) is 0 Å². The lowest BCUT2D eigenvalue weighted by molar-refractivity contribution is -0.516. The highest BCUT2D eigenvalue weighted by molar-refractivity contribution is 5.96. The van der Waals surface area contributed by atoms with Crippen molar-refractivity contribution in [1.29, 1.82) is 0 Å². The third-order valence-corrected chi connectivity index (χ3v) is 11.2. The fourth-order valence-corrected chi connectivity index (χ4v) is 8.32. The first-order valence-electron chi connectivity index (χ1n) is 19.6. The fourth-order valence-electron chi connectivity index (χ4n) is 8.32. The second-order valence-electron chi connectivity index (χ2n) is 15.1. The summed E-state index contributed by atoms with van der Waals surface area (Å²) in [6.07, 6.45) is 6.07. The summed E-state index contributed by atoms with van der Waals surface area (Å²) in [6.45, 7) is 1.20. The van der Waals surface area contributed by atoms with E-state index in [9.17, 15) is 28.8 Å². The Balaban J connectivity index is 1.28. The number of esters is 6. The van der Waals surface area contributed by atoms with E-state index in [-0.39, 0.29) is 19.5 Å². The van der Waals surface area contributed by atoms with Gasteiger partial charge in [-0.05, 0) is 60.3 Å². The molecule has 5 heterocycles. The van der Waals surface area contributed by atoms with Crippen LogP contribution in [0.15, 0.2) is 103 Å². The number of anilines is 1. The van der Waals surface area contributed by atoms with Crippen molar-refractivity contribution >= 4 is 52.3 Å². The van der Waals surface area contributed by atoms with Crippen molar-refractivity contribution in [2.45, 2.75) is 43.0 Å². The van der Waals surface area contributed by atoms with Gasteiger partial charge in [0.2, 0.25) is 0 Å². The summed E-state index contributed by atoms with van der Waals surface area (Å²) in [7, 11) is 1.99. The molecule has 17 nitrogen and oxygen atoms in total. The predicted octanol–water partition coefficient (Wildman–Crippen LogP) is 2.28. The van der Waals surface area contributed by atoms with Crippen molar-refractivity contribution in [3.63, 3.8) is 0 Å². The van der Waals surface area contributed by atoms with Crippen molar-refractivity contribution < 1.29 is 57.2 Å². The van der Waals surface area contributed by atoms with Gasteiger partial charge in [-0.2, -0.15) is 0 Å². The molecule has 2 N–H and O–H groups in total. The average molecular weight is 822 g/mol. The minimum absolute atomic E-state index is 0.184. The lowest BCUT2D eigenvalue weighted by Gasteiger charge is -2.60. The van der Waals surface area contributed by atoms with E-state index in [0.29, 0.717) is 44.7 Å². The van der Waals surface area contributed by atoms with E-state index in [2.05, 4.69) is 9.80 Å². The van der Waals surface area contributed by atoms with Gasteiger partial charge in [-0.3, -0.25) is 4.90 Å². The summed E-state index contributed by atoms with van der Waals surface area (Å²) in [5.41, 5.74) is 8.34. The molecule has 0 bridgehead atoms. The van der Waals surface area contributed by atoms with Crippen molar-refractivity contribution in [3.8, 4) is 0 Å². The fraction of sp³-hybridized carbons (Fsp3) is 0.349. The van der Waals surface area contributed by atoms with Gasteiger partial charge in [0.1, 0.15) is 6.54 Å². The number of benzene rings is 3. The van der Waals surface area contributed by atoms with Crippen LogP contribution in [0.25, 0.3) is 10.8 Å². The van der Waals surface area contributed by atoms with Crippen molar-refractivity contribution in [3.05, 3.63) is 114 Å². The zero-order chi connectivity index (χ0) is 42.1. The van der Waals surface area contributed by atoms with Crippen LogP contribution < -0.4 is 5.73 Å². The maximum absolute atomic E-state index is 13.8. The van der Waals surface area contributed by atoms with Gasteiger partial charge in [0.05, 0.1) is 0 Å². The molecule has 1 atom stereocenters. The van der Waals surface area contributed by atoms with Gasteiger partial charge >= 0.3 is 53.5 Å². The third kappa shape index (κ3) is 7.75. The van der Waals surface area contributed by atoms with Crippen LogP contribution in [0.1, 0.15) is 30.0 Å². The summed E-state index contributed by atoms with van der Waals surface area (Å²) >= 11 is 0.